The summed E-state index contributed by atoms with van der Waals surface area (Å²) in [6, 6.07) is 5.11. The van der Waals surface area contributed by atoms with Crippen LogP contribution in [0.5, 0.6) is 0 Å². The Morgan fingerprint density at radius 1 is 1.47 bits per heavy atom. The number of hydrogen-bond donors (Lipinski definition) is 1. The maximum atomic E-state index is 13.7. The first-order chi connectivity index (χ1) is 9.10. The van der Waals surface area contributed by atoms with Gasteiger partial charge >= 0.3 is 0 Å². The van der Waals surface area contributed by atoms with Gasteiger partial charge in [-0.3, -0.25) is 0 Å². The molecule has 1 aromatic heterocycles. The zero-order valence-corrected chi connectivity index (χ0v) is 13.7. The molecule has 0 aliphatic rings. The molecule has 0 saturated carbocycles. The standard InChI is InChI=1S/C12H13BrFN3S2/c1-7(6-18-2)15-12-17-16-11(19-12)9-5-8(13)3-4-10(9)14/h3-5,7H,6H2,1-2H3,(H,15,17). The van der Waals surface area contributed by atoms with Crippen LogP contribution in [0.4, 0.5) is 9.52 Å². The van der Waals surface area contributed by atoms with E-state index in [9.17, 15) is 4.39 Å². The number of nitrogens with one attached hydrogen (secondary N) is 1. The van der Waals surface area contributed by atoms with Crippen molar-refractivity contribution in [3.05, 3.63) is 28.5 Å². The number of aromatic nitrogens is 2. The molecule has 7 heteroatoms. The summed E-state index contributed by atoms with van der Waals surface area (Å²) in [6.07, 6.45) is 2.06. The third-order valence-electron chi connectivity index (χ3n) is 2.37. The van der Waals surface area contributed by atoms with Gasteiger partial charge in [-0.05, 0) is 31.4 Å². The fourth-order valence-electron chi connectivity index (χ4n) is 1.55. The van der Waals surface area contributed by atoms with Crippen LogP contribution in [0.25, 0.3) is 10.6 Å². The molecular weight excluding hydrogens is 349 g/mol. The van der Waals surface area contributed by atoms with Gasteiger partial charge in [0.05, 0.1) is 0 Å². The molecule has 0 aliphatic heterocycles. The Labute approximate surface area is 128 Å². The molecule has 1 N–H and O–H groups in total. The van der Waals surface area contributed by atoms with Crippen LogP contribution in [0.3, 0.4) is 0 Å². The molecule has 2 aromatic rings. The number of halogens is 2. The normalized spacial score (nSPS) is 12.4. The summed E-state index contributed by atoms with van der Waals surface area (Å²) >= 11 is 6.46. The first kappa shape index (κ1) is 14.7. The Hall–Kier alpha value is -0.660. The lowest BCUT2D eigenvalue weighted by molar-refractivity contribution is 0.630. The summed E-state index contributed by atoms with van der Waals surface area (Å²) in [4.78, 5) is 0. The summed E-state index contributed by atoms with van der Waals surface area (Å²) in [5.41, 5.74) is 0.470. The SMILES string of the molecule is CSCC(C)Nc1nnc(-c2cc(Br)ccc2F)s1. The summed E-state index contributed by atoms with van der Waals surface area (Å²) in [5, 5.41) is 12.6. The quantitative estimate of drug-likeness (QED) is 0.862. The van der Waals surface area contributed by atoms with Crippen LogP contribution < -0.4 is 5.32 Å². The van der Waals surface area contributed by atoms with Gasteiger partial charge in [-0.15, -0.1) is 10.2 Å². The average molecular weight is 362 g/mol. The Kier molecular flexibility index (Phi) is 5.18. The van der Waals surface area contributed by atoms with E-state index in [1.807, 2.05) is 0 Å². The smallest absolute Gasteiger partial charge is 0.206 e. The monoisotopic (exact) mass is 361 g/mol. The van der Waals surface area contributed by atoms with Crippen molar-refractivity contribution in [2.75, 3.05) is 17.3 Å². The van der Waals surface area contributed by atoms with Crippen LogP contribution in [-0.2, 0) is 0 Å². The summed E-state index contributed by atoms with van der Waals surface area (Å²) in [6.45, 7) is 2.08. The van der Waals surface area contributed by atoms with Gasteiger partial charge in [0.1, 0.15) is 5.82 Å². The molecule has 0 spiro atoms. The highest BCUT2D eigenvalue weighted by Gasteiger charge is 2.12. The van der Waals surface area contributed by atoms with E-state index in [0.717, 1.165) is 15.4 Å². The maximum Gasteiger partial charge on any atom is 0.206 e. The zero-order valence-electron chi connectivity index (χ0n) is 10.5. The minimum absolute atomic E-state index is 0.289. The number of thioether (sulfide) groups is 1. The second-order valence-electron chi connectivity index (χ2n) is 4.04. The van der Waals surface area contributed by atoms with Gasteiger partial charge in [0.2, 0.25) is 5.13 Å². The van der Waals surface area contributed by atoms with Crippen molar-refractivity contribution in [2.45, 2.75) is 13.0 Å². The largest absolute Gasteiger partial charge is 0.357 e. The summed E-state index contributed by atoms with van der Waals surface area (Å²) < 4.78 is 14.6. The first-order valence-electron chi connectivity index (χ1n) is 5.64. The van der Waals surface area contributed by atoms with Gasteiger partial charge in [-0.25, -0.2) is 4.39 Å². The Morgan fingerprint density at radius 2 is 2.26 bits per heavy atom. The molecule has 1 heterocycles. The molecule has 19 heavy (non-hydrogen) atoms. The number of anilines is 1. The molecule has 0 radical (unpaired) electrons. The van der Waals surface area contributed by atoms with E-state index < -0.39 is 0 Å². The van der Waals surface area contributed by atoms with Gasteiger partial charge in [-0.2, -0.15) is 11.8 Å². The molecule has 1 aromatic carbocycles. The van der Waals surface area contributed by atoms with Crippen molar-refractivity contribution in [1.82, 2.24) is 10.2 Å². The fraction of sp³-hybridized carbons (Fsp3) is 0.333. The van der Waals surface area contributed by atoms with Crippen molar-refractivity contribution in [3.63, 3.8) is 0 Å². The third kappa shape index (κ3) is 3.90. The Balaban J connectivity index is 2.18. The van der Waals surface area contributed by atoms with Crippen LogP contribution in [0.2, 0.25) is 0 Å². The van der Waals surface area contributed by atoms with Crippen LogP contribution in [0.1, 0.15) is 6.92 Å². The van der Waals surface area contributed by atoms with E-state index in [4.69, 9.17) is 0 Å². The molecule has 0 saturated heterocycles. The van der Waals surface area contributed by atoms with E-state index in [1.165, 1.54) is 17.4 Å². The predicted molar refractivity (Wildman–Crippen MR) is 84.5 cm³/mol. The van der Waals surface area contributed by atoms with Crippen LogP contribution >= 0.6 is 39.0 Å². The third-order valence-corrected chi connectivity index (χ3v) is 4.58. The van der Waals surface area contributed by atoms with E-state index >= 15 is 0 Å². The van der Waals surface area contributed by atoms with Crippen LogP contribution in [0, 0.1) is 5.82 Å². The molecule has 0 fully saturated rings. The van der Waals surface area contributed by atoms with Crippen molar-refractivity contribution < 1.29 is 4.39 Å². The van der Waals surface area contributed by atoms with E-state index in [-0.39, 0.29) is 5.82 Å². The molecule has 0 aliphatic carbocycles. The fourth-order valence-corrected chi connectivity index (χ4v) is 3.37. The zero-order chi connectivity index (χ0) is 13.8. The molecule has 3 nitrogen and oxygen atoms in total. The maximum absolute atomic E-state index is 13.7. The van der Waals surface area contributed by atoms with Gasteiger partial charge < -0.3 is 5.32 Å². The minimum Gasteiger partial charge on any atom is -0.357 e. The molecule has 0 amide bonds. The minimum atomic E-state index is -0.289. The molecule has 1 unspecified atom stereocenters. The second-order valence-corrected chi connectivity index (χ2v) is 6.84. The summed E-state index contributed by atoms with van der Waals surface area (Å²) in [5.74, 6) is 0.697. The Bertz CT molecular complexity index is 562. The topological polar surface area (TPSA) is 37.8 Å². The second kappa shape index (κ2) is 6.67. The molecular formula is C12H13BrFN3S2. The van der Waals surface area contributed by atoms with Gasteiger partial charge in [0.15, 0.2) is 5.01 Å². The number of rotatable bonds is 5. The van der Waals surface area contributed by atoms with E-state index in [1.54, 1.807) is 23.9 Å². The lowest BCUT2D eigenvalue weighted by Crippen LogP contribution is -2.17. The lowest BCUT2D eigenvalue weighted by Gasteiger charge is -2.09. The highest BCUT2D eigenvalue weighted by Crippen LogP contribution is 2.30. The average Bonchev–Trinajstić information content (AvgIpc) is 2.81. The molecule has 0 bridgehead atoms. The van der Waals surface area contributed by atoms with Gasteiger partial charge in [0.25, 0.3) is 0 Å². The Morgan fingerprint density at radius 3 is 3.00 bits per heavy atom. The van der Waals surface area contributed by atoms with Crippen molar-refractivity contribution >= 4 is 44.2 Å². The molecule has 1 atom stereocenters. The van der Waals surface area contributed by atoms with Crippen molar-refractivity contribution in [1.29, 1.82) is 0 Å². The number of hydrogen-bond acceptors (Lipinski definition) is 5. The summed E-state index contributed by atoms with van der Waals surface area (Å²) in [7, 11) is 0. The van der Waals surface area contributed by atoms with Gasteiger partial charge in [-0.1, -0.05) is 27.3 Å². The lowest BCUT2D eigenvalue weighted by atomic mass is 10.2. The van der Waals surface area contributed by atoms with Crippen LogP contribution in [0.15, 0.2) is 22.7 Å². The van der Waals surface area contributed by atoms with Gasteiger partial charge in [0, 0.05) is 21.8 Å². The van der Waals surface area contributed by atoms with Crippen LogP contribution in [-0.4, -0.2) is 28.2 Å². The van der Waals surface area contributed by atoms with Crippen molar-refractivity contribution in [2.24, 2.45) is 0 Å². The van der Waals surface area contributed by atoms with Crippen molar-refractivity contribution in [3.8, 4) is 10.6 Å². The highest BCUT2D eigenvalue weighted by atomic mass is 79.9. The number of nitrogens with zero attached hydrogens (tertiary/aromatic N) is 2. The highest BCUT2D eigenvalue weighted by molar-refractivity contribution is 9.10. The first-order valence-corrected chi connectivity index (χ1v) is 8.65. The van der Waals surface area contributed by atoms with E-state index in [0.29, 0.717) is 16.6 Å². The predicted octanol–water partition coefficient (Wildman–Crippen LogP) is 4.27. The molecule has 2 rings (SSSR count). The van der Waals surface area contributed by atoms with E-state index in [2.05, 4.69) is 44.6 Å². The number of benzene rings is 1. The molecule has 102 valence electrons.